The minimum Gasteiger partial charge on any atom is -0.387 e. The molecule has 3 heterocycles. The molecule has 0 radical (unpaired) electrons. The summed E-state index contributed by atoms with van der Waals surface area (Å²) in [5.74, 6) is 1.61. The zero-order chi connectivity index (χ0) is 20.7. The lowest BCUT2D eigenvalue weighted by atomic mass is 10.00. The summed E-state index contributed by atoms with van der Waals surface area (Å²) in [6.45, 7) is 6.79. The molecule has 3 N–H and O–H groups in total. The van der Waals surface area contributed by atoms with Crippen molar-refractivity contribution in [3.05, 3.63) is 48.3 Å². The largest absolute Gasteiger partial charge is 0.387 e. The average Bonchev–Trinajstić information content (AvgIpc) is 3.13. The molecule has 1 fully saturated rings. The molecule has 30 heavy (non-hydrogen) atoms. The Morgan fingerprint density at radius 3 is 2.60 bits per heavy atom. The van der Waals surface area contributed by atoms with Crippen molar-refractivity contribution in [2.45, 2.75) is 45.2 Å². The number of likely N-dealkylation sites (tertiary alicyclic amines) is 1. The van der Waals surface area contributed by atoms with E-state index in [1.807, 2.05) is 0 Å². The molecule has 1 saturated heterocycles. The summed E-state index contributed by atoms with van der Waals surface area (Å²) in [7, 11) is 0. The van der Waals surface area contributed by atoms with E-state index in [1.165, 1.54) is 5.56 Å². The molecule has 0 amide bonds. The van der Waals surface area contributed by atoms with Gasteiger partial charge in [0.25, 0.3) is 0 Å². The van der Waals surface area contributed by atoms with Crippen LogP contribution < -0.4 is 11.1 Å². The maximum atomic E-state index is 5.90. The minimum absolute atomic E-state index is 0.444. The van der Waals surface area contributed by atoms with E-state index in [0.717, 1.165) is 65.9 Å². The topological polar surface area (TPSA) is 79.4 Å². The van der Waals surface area contributed by atoms with Gasteiger partial charge in [-0.3, -0.25) is 0 Å². The third kappa shape index (κ3) is 3.63. The normalized spacial score (nSPS) is 17.4. The third-order valence-electron chi connectivity index (χ3n) is 6.29. The van der Waals surface area contributed by atoms with Crippen LogP contribution in [0.15, 0.2) is 47.7 Å². The van der Waals surface area contributed by atoms with Crippen LogP contribution in [0.25, 0.3) is 22.0 Å². The molecule has 0 bridgehead atoms. The first-order valence-corrected chi connectivity index (χ1v) is 10.8. The quantitative estimate of drug-likeness (QED) is 0.688. The number of rotatable bonds is 4. The highest BCUT2D eigenvalue weighted by Gasteiger charge is 2.21. The molecule has 5 rings (SSSR count). The van der Waals surface area contributed by atoms with Gasteiger partial charge in [0, 0.05) is 37.0 Å². The van der Waals surface area contributed by atoms with Crippen LogP contribution in [-0.2, 0) is 6.42 Å². The summed E-state index contributed by atoms with van der Waals surface area (Å²) >= 11 is 0. The summed E-state index contributed by atoms with van der Waals surface area (Å²) in [6, 6.07) is 13.8. The van der Waals surface area contributed by atoms with Crippen molar-refractivity contribution in [3.8, 4) is 11.1 Å². The first kappa shape index (κ1) is 19.0. The smallest absolute Gasteiger partial charge is 0.137 e. The molecule has 2 aliphatic heterocycles. The van der Waals surface area contributed by atoms with Crippen LogP contribution >= 0.6 is 0 Å². The van der Waals surface area contributed by atoms with Gasteiger partial charge < -0.3 is 16.0 Å². The first-order valence-electron chi connectivity index (χ1n) is 10.8. The van der Waals surface area contributed by atoms with Gasteiger partial charge in [0.15, 0.2) is 0 Å². The molecular weight excluding hydrogens is 372 g/mol. The number of hydrogen-bond acceptors (Lipinski definition) is 6. The number of nitrogens with two attached hydrogens (primary N) is 1. The second-order valence-electron chi connectivity index (χ2n) is 8.63. The molecule has 0 saturated carbocycles. The van der Waals surface area contributed by atoms with E-state index in [4.69, 9.17) is 5.73 Å². The van der Waals surface area contributed by atoms with Crippen LogP contribution in [0.3, 0.4) is 0 Å². The Kier molecular flexibility index (Phi) is 4.87. The van der Waals surface area contributed by atoms with Crippen molar-refractivity contribution in [1.29, 1.82) is 0 Å². The first-order chi connectivity index (χ1) is 14.6. The zero-order valence-electron chi connectivity index (χ0n) is 17.6. The van der Waals surface area contributed by atoms with Gasteiger partial charge in [0.2, 0.25) is 0 Å². The Morgan fingerprint density at radius 2 is 1.80 bits per heavy atom. The number of amidine groups is 1. The Labute approximate surface area is 177 Å². The lowest BCUT2D eigenvalue weighted by molar-refractivity contribution is 0.177. The fourth-order valence-corrected chi connectivity index (χ4v) is 4.49. The fourth-order valence-electron chi connectivity index (χ4n) is 4.49. The highest BCUT2D eigenvalue weighted by Crippen LogP contribution is 2.33. The monoisotopic (exact) mass is 400 g/mol. The number of nitrogens with zero attached hydrogens (tertiary/aromatic N) is 4. The molecule has 1 aromatic heterocycles. The highest BCUT2D eigenvalue weighted by molar-refractivity contribution is 5.94. The summed E-state index contributed by atoms with van der Waals surface area (Å²) in [5, 5.41) is 4.75. The van der Waals surface area contributed by atoms with Crippen LogP contribution in [-0.4, -0.2) is 45.9 Å². The molecule has 6 heteroatoms. The third-order valence-corrected chi connectivity index (χ3v) is 6.29. The SMILES string of the molecule is CC(C)N1CCC(Nc2ncnc3ccc(-c4ccc5c(c4)N=C(N)C5)cc23)CC1. The highest BCUT2D eigenvalue weighted by atomic mass is 15.2. The molecule has 6 nitrogen and oxygen atoms in total. The van der Waals surface area contributed by atoms with E-state index in [9.17, 15) is 0 Å². The summed E-state index contributed by atoms with van der Waals surface area (Å²) in [4.78, 5) is 16.1. The van der Waals surface area contributed by atoms with Crippen molar-refractivity contribution in [1.82, 2.24) is 14.9 Å². The summed E-state index contributed by atoms with van der Waals surface area (Å²) in [5.41, 5.74) is 11.3. The summed E-state index contributed by atoms with van der Waals surface area (Å²) < 4.78 is 0. The van der Waals surface area contributed by atoms with Crippen LogP contribution in [0.5, 0.6) is 0 Å². The van der Waals surface area contributed by atoms with Crippen molar-refractivity contribution >= 4 is 28.2 Å². The number of anilines is 1. The van der Waals surface area contributed by atoms with E-state index >= 15 is 0 Å². The second-order valence-corrected chi connectivity index (χ2v) is 8.63. The average molecular weight is 401 g/mol. The molecule has 0 aliphatic carbocycles. The maximum absolute atomic E-state index is 5.90. The number of aromatic nitrogens is 2. The van der Waals surface area contributed by atoms with Gasteiger partial charge in [-0.1, -0.05) is 18.2 Å². The molecule has 2 aliphatic rings. The van der Waals surface area contributed by atoms with E-state index < -0.39 is 0 Å². The van der Waals surface area contributed by atoms with Crippen molar-refractivity contribution in [2.75, 3.05) is 18.4 Å². The van der Waals surface area contributed by atoms with Gasteiger partial charge in [0.1, 0.15) is 18.0 Å². The molecule has 3 aromatic rings. The van der Waals surface area contributed by atoms with Crippen LogP contribution in [0.2, 0.25) is 0 Å². The van der Waals surface area contributed by atoms with E-state index in [-0.39, 0.29) is 0 Å². The number of fused-ring (bicyclic) bond motifs is 2. The number of aliphatic imine (C=N–C) groups is 1. The lowest BCUT2D eigenvalue weighted by Gasteiger charge is -2.35. The Bertz CT molecular complexity index is 1110. The van der Waals surface area contributed by atoms with Gasteiger partial charge >= 0.3 is 0 Å². The lowest BCUT2D eigenvalue weighted by Crippen LogP contribution is -2.42. The number of piperidine rings is 1. The number of nitrogens with one attached hydrogen (secondary N) is 1. The molecule has 0 atom stereocenters. The summed E-state index contributed by atoms with van der Waals surface area (Å²) in [6.07, 6.45) is 4.66. The Morgan fingerprint density at radius 1 is 1.03 bits per heavy atom. The molecule has 154 valence electrons. The van der Waals surface area contributed by atoms with E-state index in [0.29, 0.717) is 17.9 Å². The van der Waals surface area contributed by atoms with Crippen LogP contribution in [0.1, 0.15) is 32.3 Å². The van der Waals surface area contributed by atoms with Crippen molar-refractivity contribution < 1.29 is 0 Å². The predicted octanol–water partition coefficient (Wildman–Crippen LogP) is 4.13. The zero-order valence-corrected chi connectivity index (χ0v) is 17.6. The standard InChI is InChI=1S/C24H28N6/c1-15(2)30-9-7-19(8-10-30)28-24-20-11-16(5-6-21(20)26-14-27-24)17-3-4-18-13-23(25)29-22(18)12-17/h3-6,11-12,14-15,19H,7-10,13H2,1-2H3,(H2,25,29)(H,26,27,28). The van der Waals surface area contributed by atoms with Crippen molar-refractivity contribution in [3.63, 3.8) is 0 Å². The van der Waals surface area contributed by atoms with Gasteiger partial charge in [0.05, 0.1) is 11.2 Å². The second kappa shape index (κ2) is 7.69. The van der Waals surface area contributed by atoms with Crippen LogP contribution in [0.4, 0.5) is 11.5 Å². The van der Waals surface area contributed by atoms with Gasteiger partial charge in [-0.15, -0.1) is 0 Å². The Hall–Kier alpha value is -2.99. The van der Waals surface area contributed by atoms with Crippen molar-refractivity contribution in [2.24, 2.45) is 10.7 Å². The van der Waals surface area contributed by atoms with E-state index in [2.05, 4.69) is 75.4 Å². The molecule has 0 spiro atoms. The fraction of sp³-hybridized carbons (Fsp3) is 0.375. The van der Waals surface area contributed by atoms with Gasteiger partial charge in [-0.05, 0) is 61.6 Å². The maximum Gasteiger partial charge on any atom is 0.137 e. The van der Waals surface area contributed by atoms with Gasteiger partial charge in [-0.2, -0.15) is 0 Å². The predicted molar refractivity (Wildman–Crippen MR) is 123 cm³/mol. The van der Waals surface area contributed by atoms with Gasteiger partial charge in [-0.25, -0.2) is 15.0 Å². The number of benzene rings is 2. The number of hydrogen-bond donors (Lipinski definition) is 2. The molecular formula is C24H28N6. The molecule has 2 aromatic carbocycles. The minimum atomic E-state index is 0.444. The molecule has 0 unspecified atom stereocenters. The Balaban J connectivity index is 1.43. The van der Waals surface area contributed by atoms with E-state index in [1.54, 1.807) is 6.33 Å². The van der Waals surface area contributed by atoms with Crippen LogP contribution in [0, 0.1) is 0 Å².